The van der Waals surface area contributed by atoms with Crippen LogP contribution in [0.5, 0.6) is 0 Å². The van der Waals surface area contributed by atoms with Crippen LogP contribution in [0.15, 0.2) is 0 Å². The van der Waals surface area contributed by atoms with E-state index in [9.17, 15) is 5.11 Å². The summed E-state index contributed by atoms with van der Waals surface area (Å²) in [6.07, 6.45) is -2.02. The van der Waals surface area contributed by atoms with Gasteiger partial charge in [-0.2, -0.15) is 0 Å². The third-order valence-corrected chi connectivity index (χ3v) is 2.48. The van der Waals surface area contributed by atoms with Crippen molar-refractivity contribution in [1.82, 2.24) is 0 Å². The van der Waals surface area contributed by atoms with E-state index in [1.54, 1.807) is 13.7 Å². The molecule has 1 rings (SSSR count). The zero-order valence-corrected chi connectivity index (χ0v) is 8.23. The van der Waals surface area contributed by atoms with Crippen LogP contribution < -0.4 is 0 Å². The summed E-state index contributed by atoms with van der Waals surface area (Å²) < 4.78 is 25.3. The fraction of sp³-hybridized carbons (Fsp3) is 1.00. The van der Waals surface area contributed by atoms with Gasteiger partial charge in [-0.1, -0.05) is 6.82 Å². The molecule has 1 saturated heterocycles. The quantitative estimate of drug-likeness (QED) is 0.539. The molecule has 5 atom stereocenters. The molecule has 0 bridgehead atoms. The van der Waals surface area contributed by atoms with Gasteiger partial charge in [-0.25, -0.2) is 0 Å². The molecule has 6 heteroatoms. The molecule has 12 heavy (non-hydrogen) atoms. The molecule has 1 heterocycles. The maximum atomic E-state index is 9.60. The van der Waals surface area contributed by atoms with Gasteiger partial charge in [0.15, 0.2) is 0 Å². The molecule has 3 radical (unpaired) electrons. The minimum Gasteiger partial charge on any atom is -0.425 e. The molecule has 3 nitrogen and oxygen atoms in total. The Bertz CT molecular complexity index is 210. The van der Waals surface area contributed by atoms with Gasteiger partial charge in [0, 0.05) is 8.47 Å². The molecule has 0 spiro atoms. The molecule has 0 aromatic heterocycles. The summed E-state index contributed by atoms with van der Waals surface area (Å²) >= 11 is 0. The molecule has 3 unspecified atom stereocenters. The smallest absolute Gasteiger partial charge is 0.127 e. The summed E-state index contributed by atoms with van der Waals surface area (Å²) in [5, 5.41) is 9.60. The topological polar surface area (TPSA) is 38.7 Å². The zero-order valence-electron chi connectivity index (χ0n) is 9.23. The molecule has 0 aromatic rings. The van der Waals surface area contributed by atoms with E-state index in [0.29, 0.717) is 0 Å². The molecule has 1 N–H and O–H groups in total. The third-order valence-electron chi connectivity index (χ3n) is 1.84. The van der Waals surface area contributed by atoms with Gasteiger partial charge in [-0.05, 0) is 6.92 Å². The summed E-state index contributed by atoms with van der Waals surface area (Å²) in [6, 6.07) is -0.748. The van der Waals surface area contributed by atoms with Crippen LogP contribution in [-0.2, 0) is 9.16 Å². The first-order valence-corrected chi connectivity index (χ1v) is 4.93. The second-order valence-electron chi connectivity index (χ2n) is 2.79. The molecule has 1 fully saturated rings. The van der Waals surface area contributed by atoms with Gasteiger partial charge in [0.25, 0.3) is 0 Å². The lowest BCUT2D eigenvalue weighted by atomic mass is 9.93. The van der Waals surface area contributed by atoms with Crippen LogP contribution in [0.4, 0.5) is 0 Å². The second kappa shape index (κ2) is 4.46. The number of aliphatic hydroxyl groups excluding tert-OH is 1. The summed E-state index contributed by atoms with van der Waals surface area (Å²) in [6.45, 7) is 4.68. The summed E-state index contributed by atoms with van der Waals surface area (Å²) in [4.78, 5) is 0. The minimum atomic E-state index is -3.30. The lowest BCUT2D eigenvalue weighted by Crippen LogP contribution is -2.36. The Labute approximate surface area is 79.8 Å². The van der Waals surface area contributed by atoms with Crippen LogP contribution in [0.2, 0.25) is 6.82 Å². The lowest BCUT2D eigenvalue weighted by molar-refractivity contribution is 0.0387. The van der Waals surface area contributed by atoms with Crippen molar-refractivity contribution in [2.45, 2.75) is 38.1 Å². The van der Waals surface area contributed by atoms with E-state index in [1.807, 2.05) is 0 Å². The Kier molecular flexibility index (Phi) is 2.83. The van der Waals surface area contributed by atoms with Crippen LogP contribution in [0.1, 0.15) is 6.92 Å². The van der Waals surface area contributed by atoms with Crippen molar-refractivity contribution in [3.05, 3.63) is 0 Å². The molecular weight excluding hydrogens is 170 g/mol. The predicted octanol–water partition coefficient (Wildman–Crippen LogP) is -1.60. The molecule has 0 aromatic carbocycles. The molecule has 0 saturated carbocycles. The largest absolute Gasteiger partial charge is 0.425 e. The highest BCUT2D eigenvalue weighted by atomic mass is 28.2. The number of ether oxygens (including phenoxy) is 1. The van der Waals surface area contributed by atoms with Gasteiger partial charge < -0.3 is 14.3 Å². The first-order chi connectivity index (χ1) is 6.37. The van der Waals surface area contributed by atoms with Crippen LogP contribution >= 0.6 is 0 Å². The summed E-state index contributed by atoms with van der Waals surface area (Å²) in [5.41, 5.74) is 0. The van der Waals surface area contributed by atoms with E-state index < -0.39 is 33.8 Å². The highest BCUT2D eigenvalue weighted by Crippen LogP contribution is 2.20. The third kappa shape index (κ3) is 2.13. The van der Waals surface area contributed by atoms with Crippen molar-refractivity contribution in [1.29, 1.82) is 2.47 Å². The Morgan fingerprint density at radius 3 is 3.08 bits per heavy atom. The van der Waals surface area contributed by atoms with Crippen molar-refractivity contribution in [3.8, 4) is 0 Å². The lowest BCUT2D eigenvalue weighted by Gasteiger charge is -2.18. The molecule has 0 aliphatic carbocycles. The predicted molar refractivity (Wildman–Crippen MR) is 51.1 cm³/mol. The molecule has 1 aliphatic rings. The normalized spacial score (nSPS) is 49.2. The zero-order chi connectivity index (χ0) is 10.9. The Hall–Kier alpha value is 0.227. The van der Waals surface area contributed by atoms with Crippen LogP contribution in [0.3, 0.4) is 0 Å². The first-order valence-electron chi connectivity index (χ1n) is 4.95. The Balaban J connectivity index is 2.60. The van der Waals surface area contributed by atoms with E-state index >= 15 is 0 Å². The Morgan fingerprint density at radius 1 is 2.00 bits per heavy atom. The van der Waals surface area contributed by atoms with E-state index in [0.717, 1.165) is 0 Å². The maximum Gasteiger partial charge on any atom is 0.127 e. The van der Waals surface area contributed by atoms with Crippen LogP contribution in [0.25, 0.3) is 0 Å². The van der Waals surface area contributed by atoms with Gasteiger partial charge in [-0.15, -0.1) is 0 Å². The first kappa shape index (κ1) is 7.61. The monoisotopic (exact) mass is 186 g/mol. The van der Waals surface area contributed by atoms with Crippen molar-refractivity contribution in [2.24, 2.45) is 0 Å². The summed E-state index contributed by atoms with van der Waals surface area (Å²) in [7, 11) is 2.26. The maximum absolute atomic E-state index is 9.60. The highest BCUT2D eigenvalue weighted by molar-refractivity contribution is 6.96. The number of hydrogen-bond donors (Lipinski definition) is 1. The molecular formula is C6H13B2O3Si. The number of hydrogen-bond acceptors (Lipinski definition) is 3. The van der Waals surface area contributed by atoms with E-state index in [-0.39, 0.29) is 0 Å². The van der Waals surface area contributed by atoms with Crippen molar-refractivity contribution in [2.75, 3.05) is 0 Å². The number of rotatable bonds is 3. The van der Waals surface area contributed by atoms with Gasteiger partial charge in [0.2, 0.25) is 0 Å². The van der Waals surface area contributed by atoms with E-state index in [2.05, 4.69) is 0 Å². The van der Waals surface area contributed by atoms with Crippen molar-refractivity contribution < 1.29 is 14.3 Å². The fourth-order valence-electron chi connectivity index (χ4n) is 1.15. The number of aliphatic hydroxyl groups is 1. The summed E-state index contributed by atoms with van der Waals surface area (Å²) in [5.74, 6) is 0. The van der Waals surface area contributed by atoms with E-state index in [4.69, 9.17) is 19.5 Å². The fourth-order valence-corrected chi connectivity index (χ4v) is 1.72. The van der Waals surface area contributed by atoms with Crippen LogP contribution in [-0.4, -0.2) is 56.1 Å². The van der Waals surface area contributed by atoms with Gasteiger partial charge in [0.05, 0.1) is 12.2 Å². The Morgan fingerprint density at radius 2 is 2.67 bits per heavy atom. The second-order valence-corrected chi connectivity index (χ2v) is 3.83. The molecule has 65 valence electrons. The average Bonchev–Trinajstić information content (AvgIpc) is 2.32. The minimum absolute atomic E-state index is 0.406. The van der Waals surface area contributed by atoms with Crippen LogP contribution in [0, 0.1) is 0 Å². The molecule has 1 aliphatic heterocycles. The van der Waals surface area contributed by atoms with Gasteiger partial charge in [-0.3, -0.25) is 0 Å². The van der Waals surface area contributed by atoms with Crippen molar-refractivity contribution >= 4 is 24.2 Å². The SMILES string of the molecule is [2H][Si]([3H])([B]C)OC1C(O)[C@@H](C)O[C@@H]1[B]. The van der Waals surface area contributed by atoms with Crippen molar-refractivity contribution in [3.63, 3.8) is 0 Å². The highest BCUT2D eigenvalue weighted by Gasteiger charge is 2.38. The van der Waals surface area contributed by atoms with Gasteiger partial charge >= 0.3 is 0 Å². The van der Waals surface area contributed by atoms with Gasteiger partial charge in [0.1, 0.15) is 30.3 Å². The average molecular weight is 186 g/mol. The molecule has 0 amide bonds. The standard InChI is InChI=1S/C6H13B2O3Si/c1-3-4(9)5(6(7)10-3)11-12-8-2/h3-6,9H,12H2,1-2H3/t3-,4?,5?,6+/m1/s1/i12TD/t3-,4?,5?,6+,12?. The van der Waals surface area contributed by atoms with E-state index in [1.165, 1.54) is 6.87 Å².